The largest absolute Gasteiger partial charge is 0.398 e. The van der Waals surface area contributed by atoms with Crippen LogP contribution in [0.15, 0.2) is 54.6 Å². The summed E-state index contributed by atoms with van der Waals surface area (Å²) < 4.78 is 0. The fourth-order valence-corrected chi connectivity index (χ4v) is 2.28. The van der Waals surface area contributed by atoms with Crippen molar-refractivity contribution in [2.45, 2.75) is 6.92 Å². The molecule has 3 aromatic rings. The zero-order valence-electron chi connectivity index (χ0n) is 11.1. The minimum absolute atomic E-state index is 0.0967. The van der Waals surface area contributed by atoms with E-state index >= 15 is 0 Å². The standard InChI is InChI=1S/C17H14N2O/c1-11-6-2-3-7-12(11)17(20)16-10-14(18)13-8-4-5-9-15(13)19-16/h2-10H,1H3,(H2,18,19). The number of ketones is 1. The Hall–Kier alpha value is -2.68. The van der Waals surface area contributed by atoms with Crippen LogP contribution in [0, 0.1) is 6.92 Å². The second-order valence-corrected chi connectivity index (χ2v) is 4.76. The van der Waals surface area contributed by atoms with E-state index in [1.807, 2.05) is 55.5 Å². The minimum Gasteiger partial charge on any atom is -0.398 e. The van der Waals surface area contributed by atoms with Crippen molar-refractivity contribution in [3.63, 3.8) is 0 Å². The maximum absolute atomic E-state index is 12.5. The number of fused-ring (bicyclic) bond motifs is 1. The molecule has 2 aromatic carbocycles. The molecule has 3 heteroatoms. The van der Waals surface area contributed by atoms with E-state index in [1.54, 1.807) is 6.07 Å². The summed E-state index contributed by atoms with van der Waals surface area (Å²) in [5, 5.41) is 0.869. The Bertz CT molecular complexity index is 809. The number of nitrogens with two attached hydrogens (primary N) is 1. The first-order valence-electron chi connectivity index (χ1n) is 6.42. The molecule has 0 aliphatic carbocycles. The van der Waals surface area contributed by atoms with Gasteiger partial charge in [0.15, 0.2) is 0 Å². The Morgan fingerprint density at radius 3 is 2.55 bits per heavy atom. The number of hydrogen-bond donors (Lipinski definition) is 1. The van der Waals surface area contributed by atoms with Crippen molar-refractivity contribution < 1.29 is 4.79 Å². The maximum Gasteiger partial charge on any atom is 0.211 e. The van der Waals surface area contributed by atoms with Gasteiger partial charge in [-0.1, -0.05) is 42.5 Å². The second-order valence-electron chi connectivity index (χ2n) is 4.76. The number of nitrogens with zero attached hydrogens (tertiary/aromatic N) is 1. The fourth-order valence-electron chi connectivity index (χ4n) is 2.28. The van der Waals surface area contributed by atoms with Crippen LogP contribution in [-0.4, -0.2) is 10.8 Å². The number of aromatic nitrogens is 1. The van der Waals surface area contributed by atoms with E-state index in [1.165, 1.54) is 0 Å². The number of carbonyl (C=O) groups excluding carboxylic acids is 1. The number of benzene rings is 2. The van der Waals surface area contributed by atoms with Crippen molar-refractivity contribution in [1.82, 2.24) is 4.98 Å². The third kappa shape index (κ3) is 2.03. The molecule has 0 radical (unpaired) electrons. The molecule has 2 N–H and O–H groups in total. The van der Waals surface area contributed by atoms with Crippen molar-refractivity contribution in [3.8, 4) is 0 Å². The van der Waals surface area contributed by atoms with Gasteiger partial charge in [-0.05, 0) is 24.6 Å². The molecule has 0 atom stereocenters. The van der Waals surface area contributed by atoms with Crippen LogP contribution >= 0.6 is 0 Å². The lowest BCUT2D eigenvalue weighted by Gasteiger charge is -2.07. The first kappa shape index (κ1) is 12.4. The van der Waals surface area contributed by atoms with Crippen molar-refractivity contribution in [2.75, 3.05) is 5.73 Å². The molecule has 0 aliphatic rings. The molecule has 0 unspecified atom stereocenters. The molecule has 3 nitrogen and oxygen atoms in total. The number of carbonyl (C=O) groups is 1. The van der Waals surface area contributed by atoms with Crippen LogP contribution in [-0.2, 0) is 0 Å². The van der Waals surface area contributed by atoms with E-state index in [9.17, 15) is 4.79 Å². The van der Waals surface area contributed by atoms with Crippen molar-refractivity contribution in [3.05, 3.63) is 71.4 Å². The Morgan fingerprint density at radius 2 is 1.75 bits per heavy atom. The van der Waals surface area contributed by atoms with Gasteiger partial charge in [-0.25, -0.2) is 4.98 Å². The molecule has 0 aliphatic heterocycles. The number of para-hydroxylation sites is 1. The molecule has 3 rings (SSSR count). The molecule has 0 saturated carbocycles. The van der Waals surface area contributed by atoms with Crippen molar-refractivity contribution >= 4 is 22.4 Å². The van der Waals surface area contributed by atoms with Gasteiger partial charge in [-0.3, -0.25) is 4.79 Å². The summed E-state index contributed by atoms with van der Waals surface area (Å²) >= 11 is 0. The van der Waals surface area contributed by atoms with E-state index < -0.39 is 0 Å². The molecule has 0 saturated heterocycles. The normalized spacial score (nSPS) is 10.7. The molecule has 0 amide bonds. The van der Waals surface area contributed by atoms with E-state index in [0.717, 1.165) is 16.5 Å². The highest BCUT2D eigenvalue weighted by molar-refractivity contribution is 6.10. The lowest BCUT2D eigenvalue weighted by atomic mass is 10.0. The summed E-state index contributed by atoms with van der Waals surface area (Å²) in [4.78, 5) is 17.0. The molecular formula is C17H14N2O. The fraction of sp³-hybridized carbons (Fsp3) is 0.0588. The van der Waals surface area contributed by atoms with Crippen LogP contribution in [0.2, 0.25) is 0 Å². The summed E-state index contributed by atoms with van der Waals surface area (Å²) in [5.41, 5.74) is 9.32. The molecule has 1 aromatic heterocycles. The van der Waals surface area contributed by atoms with Crippen molar-refractivity contribution in [1.29, 1.82) is 0 Å². The van der Waals surface area contributed by atoms with Crippen LogP contribution < -0.4 is 5.73 Å². The molecule has 0 spiro atoms. The van der Waals surface area contributed by atoms with Crippen LogP contribution in [0.25, 0.3) is 10.9 Å². The van der Waals surface area contributed by atoms with E-state index in [-0.39, 0.29) is 5.78 Å². The topological polar surface area (TPSA) is 56.0 Å². The van der Waals surface area contributed by atoms with E-state index in [4.69, 9.17) is 5.73 Å². The van der Waals surface area contributed by atoms with Gasteiger partial charge >= 0.3 is 0 Å². The SMILES string of the molecule is Cc1ccccc1C(=O)c1cc(N)c2ccccc2n1. The summed E-state index contributed by atoms with van der Waals surface area (Å²) in [6.07, 6.45) is 0. The summed E-state index contributed by atoms with van der Waals surface area (Å²) in [5.74, 6) is -0.0967. The van der Waals surface area contributed by atoms with Crippen LogP contribution in [0.5, 0.6) is 0 Å². The number of rotatable bonds is 2. The van der Waals surface area contributed by atoms with Gasteiger partial charge in [0, 0.05) is 16.6 Å². The second kappa shape index (κ2) is 4.78. The van der Waals surface area contributed by atoms with Crippen LogP contribution in [0.3, 0.4) is 0 Å². The average Bonchev–Trinajstić information content (AvgIpc) is 2.47. The number of hydrogen-bond acceptors (Lipinski definition) is 3. The van der Waals surface area contributed by atoms with Gasteiger partial charge in [0.05, 0.1) is 5.52 Å². The Kier molecular flexibility index (Phi) is 2.95. The minimum atomic E-state index is -0.0967. The van der Waals surface area contributed by atoms with Crippen LogP contribution in [0.4, 0.5) is 5.69 Å². The smallest absolute Gasteiger partial charge is 0.211 e. The number of nitrogen functional groups attached to an aromatic ring is 1. The first-order chi connectivity index (χ1) is 9.66. The Labute approximate surface area is 117 Å². The average molecular weight is 262 g/mol. The molecule has 0 bridgehead atoms. The third-order valence-corrected chi connectivity index (χ3v) is 3.37. The summed E-state index contributed by atoms with van der Waals surface area (Å²) in [7, 11) is 0. The molecule has 0 fully saturated rings. The van der Waals surface area contributed by atoms with Gasteiger partial charge in [0.2, 0.25) is 5.78 Å². The Morgan fingerprint density at radius 1 is 1.05 bits per heavy atom. The zero-order valence-corrected chi connectivity index (χ0v) is 11.1. The van der Waals surface area contributed by atoms with E-state index in [0.29, 0.717) is 16.9 Å². The predicted octanol–water partition coefficient (Wildman–Crippen LogP) is 3.36. The number of anilines is 1. The van der Waals surface area contributed by atoms with Gasteiger partial charge in [0.25, 0.3) is 0 Å². The predicted molar refractivity (Wildman–Crippen MR) is 80.8 cm³/mol. The lowest BCUT2D eigenvalue weighted by Crippen LogP contribution is -2.07. The van der Waals surface area contributed by atoms with Gasteiger partial charge in [0.1, 0.15) is 5.69 Å². The number of aryl methyl sites for hydroxylation is 1. The molecule has 1 heterocycles. The lowest BCUT2D eigenvalue weighted by molar-refractivity contribution is 0.103. The van der Waals surface area contributed by atoms with Gasteiger partial charge in [-0.2, -0.15) is 0 Å². The van der Waals surface area contributed by atoms with Gasteiger partial charge < -0.3 is 5.73 Å². The highest BCUT2D eigenvalue weighted by atomic mass is 16.1. The zero-order chi connectivity index (χ0) is 14.1. The van der Waals surface area contributed by atoms with E-state index in [2.05, 4.69) is 4.98 Å². The highest BCUT2D eigenvalue weighted by Gasteiger charge is 2.14. The first-order valence-corrected chi connectivity index (χ1v) is 6.42. The summed E-state index contributed by atoms with van der Waals surface area (Å²) in [6.45, 7) is 1.91. The van der Waals surface area contributed by atoms with Gasteiger partial charge in [-0.15, -0.1) is 0 Å². The number of pyridine rings is 1. The van der Waals surface area contributed by atoms with Crippen molar-refractivity contribution in [2.24, 2.45) is 0 Å². The maximum atomic E-state index is 12.5. The Balaban J connectivity index is 2.16. The molecule has 20 heavy (non-hydrogen) atoms. The molecule has 98 valence electrons. The highest BCUT2D eigenvalue weighted by Crippen LogP contribution is 2.22. The van der Waals surface area contributed by atoms with Crippen LogP contribution in [0.1, 0.15) is 21.6 Å². The summed E-state index contributed by atoms with van der Waals surface area (Å²) in [6, 6.07) is 16.7. The monoisotopic (exact) mass is 262 g/mol. The quantitative estimate of drug-likeness (QED) is 0.720. The third-order valence-electron chi connectivity index (χ3n) is 3.37. The molecular weight excluding hydrogens is 248 g/mol.